The summed E-state index contributed by atoms with van der Waals surface area (Å²) >= 11 is 0. The highest BCUT2D eigenvalue weighted by atomic mass is 16.8. The summed E-state index contributed by atoms with van der Waals surface area (Å²) in [6.07, 6.45) is 15.8. The summed E-state index contributed by atoms with van der Waals surface area (Å²) in [5.41, 5.74) is 0. The molecule has 23 heavy (non-hydrogen) atoms. The van der Waals surface area contributed by atoms with Gasteiger partial charge in [0.05, 0.1) is 19.6 Å². The molecule has 1 aliphatic heterocycles. The van der Waals surface area contributed by atoms with Crippen molar-refractivity contribution < 1.29 is 15.3 Å². The van der Waals surface area contributed by atoms with Crippen molar-refractivity contribution in [3.05, 3.63) is 5.21 Å². The molecule has 134 valence electrons. The molecular weight excluding hydrogens is 288 g/mol. The Morgan fingerprint density at radius 2 is 1.39 bits per heavy atom. The van der Waals surface area contributed by atoms with Crippen LogP contribution in [0, 0.1) is 23.0 Å². The van der Waals surface area contributed by atoms with Crippen molar-refractivity contribution in [2.24, 2.45) is 17.8 Å². The summed E-state index contributed by atoms with van der Waals surface area (Å²) in [6, 6.07) is -0.0481. The number of nitrogens with one attached hydrogen (secondary N) is 2. The first-order chi connectivity index (χ1) is 11.2. The van der Waals surface area contributed by atoms with Gasteiger partial charge in [-0.3, -0.25) is 0 Å². The average molecular weight is 326 g/mol. The number of likely N-dealkylation sites (tertiary alicyclic amines) is 1. The average Bonchev–Trinajstić information content (AvgIpc) is 2.58. The van der Waals surface area contributed by atoms with Crippen LogP contribution >= 0.6 is 0 Å². The first kappa shape index (κ1) is 17.7. The minimum atomic E-state index is -0.567. The Bertz CT molecular complexity index is 328. The van der Waals surface area contributed by atoms with Crippen LogP contribution < -0.4 is 10.1 Å². The normalized spacial score (nSPS) is 38.3. The van der Waals surface area contributed by atoms with Crippen LogP contribution in [0.5, 0.6) is 0 Å². The van der Waals surface area contributed by atoms with E-state index >= 15 is 0 Å². The molecule has 1 unspecified atom stereocenters. The molecule has 0 aromatic carbocycles. The molecular formula is C19H37N2O2+. The lowest BCUT2D eigenvalue weighted by Crippen LogP contribution is -3.13. The molecule has 4 nitrogen and oxygen atoms in total. The Balaban J connectivity index is 1.32. The van der Waals surface area contributed by atoms with Gasteiger partial charge in [-0.25, -0.2) is 10.4 Å². The molecule has 3 rings (SSSR count). The van der Waals surface area contributed by atoms with Crippen molar-refractivity contribution >= 4 is 0 Å². The molecule has 3 fully saturated rings. The van der Waals surface area contributed by atoms with Crippen LogP contribution in [0.2, 0.25) is 0 Å². The second kappa shape index (κ2) is 8.80. The number of rotatable bonds is 5. The molecule has 0 bridgehead atoms. The third-order valence-electron chi connectivity index (χ3n) is 6.98. The van der Waals surface area contributed by atoms with E-state index in [4.69, 9.17) is 5.21 Å². The van der Waals surface area contributed by atoms with Crippen LogP contribution in [0.4, 0.5) is 0 Å². The van der Waals surface area contributed by atoms with E-state index < -0.39 is 5.23 Å². The highest BCUT2D eigenvalue weighted by molar-refractivity contribution is 4.75. The zero-order valence-corrected chi connectivity index (χ0v) is 14.8. The van der Waals surface area contributed by atoms with E-state index in [1.54, 1.807) is 0 Å². The van der Waals surface area contributed by atoms with Crippen LogP contribution in [0.25, 0.3) is 0 Å². The first-order valence-electron chi connectivity index (χ1n) is 10.3. The Morgan fingerprint density at radius 1 is 0.783 bits per heavy atom. The molecule has 0 aromatic rings. The van der Waals surface area contributed by atoms with Crippen LogP contribution in [0.3, 0.4) is 0 Å². The standard InChI is InChI=1S/C19H36N2O2/c22-21(23)19-8-6-16(7-9-19)14-17-10-12-20(13-11-17)15-18-4-2-1-3-5-18/h16-19,21-22H,1-15H2/p+1. The highest BCUT2D eigenvalue weighted by Gasteiger charge is 2.30. The molecule has 3 aliphatic rings. The molecule has 0 radical (unpaired) electrons. The summed E-state index contributed by atoms with van der Waals surface area (Å²) in [6.45, 7) is 4.23. The van der Waals surface area contributed by atoms with E-state index in [-0.39, 0.29) is 6.04 Å². The topological polar surface area (TPSA) is 52.2 Å². The van der Waals surface area contributed by atoms with Crippen molar-refractivity contribution in [3.63, 3.8) is 0 Å². The summed E-state index contributed by atoms with van der Waals surface area (Å²) < 4.78 is 0. The Hall–Kier alpha value is -0.160. The van der Waals surface area contributed by atoms with Gasteiger partial charge < -0.3 is 10.1 Å². The van der Waals surface area contributed by atoms with Crippen molar-refractivity contribution in [1.29, 1.82) is 0 Å². The molecule has 1 atom stereocenters. The number of hydrogen-bond donors (Lipinski definition) is 3. The molecule has 1 heterocycles. The van der Waals surface area contributed by atoms with Gasteiger partial charge in [-0.2, -0.15) is 0 Å². The van der Waals surface area contributed by atoms with E-state index in [1.165, 1.54) is 71.0 Å². The lowest BCUT2D eigenvalue weighted by Gasteiger charge is -2.36. The molecule has 0 spiro atoms. The monoisotopic (exact) mass is 325 g/mol. The predicted molar refractivity (Wildman–Crippen MR) is 91.3 cm³/mol. The zero-order valence-electron chi connectivity index (χ0n) is 14.8. The molecule has 0 aromatic heterocycles. The molecule has 2 aliphatic carbocycles. The maximum atomic E-state index is 11.0. The summed E-state index contributed by atoms with van der Waals surface area (Å²) in [5.74, 6) is 2.76. The van der Waals surface area contributed by atoms with Gasteiger partial charge in [0.15, 0.2) is 0 Å². The molecule has 3 N–H and O–H groups in total. The number of piperidine rings is 1. The van der Waals surface area contributed by atoms with Crippen molar-refractivity contribution in [3.8, 4) is 0 Å². The third kappa shape index (κ3) is 5.42. The zero-order chi connectivity index (χ0) is 16.1. The molecule has 0 amide bonds. The lowest BCUT2D eigenvalue weighted by atomic mass is 9.78. The third-order valence-corrected chi connectivity index (χ3v) is 6.98. The van der Waals surface area contributed by atoms with Crippen molar-refractivity contribution in [1.82, 2.24) is 0 Å². The van der Waals surface area contributed by atoms with E-state index in [2.05, 4.69) is 0 Å². The SMILES string of the molecule is [O-][NH+](O)C1CCC(CC2CC[NH+](CC3CCCCC3)CC2)CC1. The maximum absolute atomic E-state index is 11.0. The van der Waals surface area contributed by atoms with Gasteiger partial charge in [-0.15, -0.1) is 0 Å². The first-order valence-corrected chi connectivity index (χ1v) is 10.3. The van der Waals surface area contributed by atoms with Gasteiger partial charge >= 0.3 is 0 Å². The Morgan fingerprint density at radius 3 is 2.00 bits per heavy atom. The second-order valence-electron chi connectivity index (χ2n) is 8.69. The summed E-state index contributed by atoms with van der Waals surface area (Å²) in [4.78, 5) is 1.88. The highest BCUT2D eigenvalue weighted by Crippen LogP contribution is 2.31. The summed E-state index contributed by atoms with van der Waals surface area (Å²) in [5, 5.41) is 19.6. The van der Waals surface area contributed by atoms with E-state index in [9.17, 15) is 5.21 Å². The van der Waals surface area contributed by atoms with Gasteiger partial charge in [0, 0.05) is 18.8 Å². The van der Waals surface area contributed by atoms with E-state index in [0.29, 0.717) is 0 Å². The van der Waals surface area contributed by atoms with Gasteiger partial charge in [0.25, 0.3) is 0 Å². The van der Waals surface area contributed by atoms with Crippen LogP contribution in [0.15, 0.2) is 0 Å². The summed E-state index contributed by atoms with van der Waals surface area (Å²) in [7, 11) is 0. The minimum Gasteiger partial charge on any atom is -0.600 e. The van der Waals surface area contributed by atoms with E-state index in [0.717, 1.165) is 43.4 Å². The van der Waals surface area contributed by atoms with Gasteiger partial charge in [0.1, 0.15) is 6.04 Å². The van der Waals surface area contributed by atoms with Crippen LogP contribution in [0.1, 0.15) is 77.0 Å². The smallest absolute Gasteiger partial charge is 0.117 e. The second-order valence-corrected chi connectivity index (χ2v) is 8.69. The fraction of sp³-hybridized carbons (Fsp3) is 1.00. The van der Waals surface area contributed by atoms with Gasteiger partial charge in [0.2, 0.25) is 0 Å². The fourth-order valence-corrected chi connectivity index (χ4v) is 5.44. The number of hydrogen-bond acceptors (Lipinski definition) is 2. The molecule has 4 heteroatoms. The predicted octanol–water partition coefficient (Wildman–Crippen LogP) is 1.58. The van der Waals surface area contributed by atoms with E-state index in [1.807, 2.05) is 4.90 Å². The lowest BCUT2D eigenvalue weighted by molar-refractivity contribution is -1.07. The minimum absolute atomic E-state index is 0.0481. The quantitative estimate of drug-likeness (QED) is 0.672. The fourth-order valence-electron chi connectivity index (χ4n) is 5.44. The Labute approximate surface area is 141 Å². The number of quaternary nitrogens is 2. The molecule has 1 saturated heterocycles. The Kier molecular flexibility index (Phi) is 6.75. The van der Waals surface area contributed by atoms with Crippen LogP contribution in [-0.4, -0.2) is 30.9 Å². The number of hydroxylamine groups is 2. The van der Waals surface area contributed by atoms with Crippen molar-refractivity contribution in [2.45, 2.75) is 83.1 Å². The van der Waals surface area contributed by atoms with Crippen molar-refractivity contribution in [2.75, 3.05) is 19.6 Å². The maximum Gasteiger partial charge on any atom is 0.117 e. The van der Waals surface area contributed by atoms with Gasteiger partial charge in [-0.1, -0.05) is 19.3 Å². The van der Waals surface area contributed by atoms with Gasteiger partial charge in [-0.05, 0) is 56.8 Å². The molecule has 2 saturated carbocycles. The largest absolute Gasteiger partial charge is 0.600 e. The van der Waals surface area contributed by atoms with Crippen LogP contribution in [-0.2, 0) is 0 Å².